The molecular formula is C24H15F6N3O. The first-order chi connectivity index (χ1) is 16.0. The maximum absolute atomic E-state index is 13.7. The third kappa shape index (κ3) is 4.85. The normalized spacial score (nSPS) is 13.0. The van der Waals surface area contributed by atoms with Crippen molar-refractivity contribution in [1.29, 1.82) is 0 Å². The minimum Gasteiger partial charge on any atom is -0.339 e. The van der Waals surface area contributed by atoms with Crippen molar-refractivity contribution in [3.05, 3.63) is 107 Å². The van der Waals surface area contributed by atoms with Crippen molar-refractivity contribution < 1.29 is 31.1 Å². The van der Waals surface area contributed by atoms with Gasteiger partial charge in [0, 0.05) is 17.8 Å². The first-order valence-corrected chi connectivity index (χ1v) is 9.89. The molecule has 10 heteroatoms. The van der Waals surface area contributed by atoms with Gasteiger partial charge >= 0.3 is 12.4 Å². The van der Waals surface area contributed by atoms with E-state index in [1.165, 1.54) is 12.3 Å². The van der Waals surface area contributed by atoms with Gasteiger partial charge in [-0.1, -0.05) is 30.3 Å². The van der Waals surface area contributed by atoms with E-state index in [0.717, 1.165) is 42.6 Å². The predicted molar refractivity (Wildman–Crippen MR) is 112 cm³/mol. The van der Waals surface area contributed by atoms with Crippen LogP contribution in [-0.2, 0) is 12.4 Å². The van der Waals surface area contributed by atoms with Crippen molar-refractivity contribution in [2.45, 2.75) is 18.4 Å². The van der Waals surface area contributed by atoms with Gasteiger partial charge < -0.3 is 5.32 Å². The van der Waals surface area contributed by atoms with Crippen LogP contribution in [0.3, 0.4) is 0 Å². The minimum atomic E-state index is -4.80. The molecule has 0 spiro atoms. The highest BCUT2D eigenvalue weighted by atomic mass is 19.4. The lowest BCUT2D eigenvalue weighted by Gasteiger charge is -2.23. The molecule has 1 amide bonds. The van der Waals surface area contributed by atoms with Crippen LogP contribution in [-0.4, -0.2) is 15.9 Å². The number of carbonyl (C=O) groups excluding carboxylic acids is 1. The topological polar surface area (TPSA) is 54.9 Å². The third-order valence-corrected chi connectivity index (χ3v) is 5.12. The average molecular weight is 475 g/mol. The minimum absolute atomic E-state index is 0.000650. The van der Waals surface area contributed by atoms with Crippen LogP contribution in [0.1, 0.15) is 38.8 Å². The Bertz CT molecular complexity index is 1330. The quantitative estimate of drug-likeness (QED) is 0.359. The molecule has 2 aromatic heterocycles. The number of nitrogens with zero attached hydrogens (tertiary/aromatic N) is 2. The molecule has 0 saturated heterocycles. The number of para-hydroxylation sites is 1. The molecule has 1 N–H and O–H groups in total. The van der Waals surface area contributed by atoms with E-state index in [4.69, 9.17) is 0 Å². The molecule has 174 valence electrons. The predicted octanol–water partition coefficient (Wildman–Crippen LogP) is 6.19. The molecule has 4 nitrogen and oxygen atoms in total. The number of amides is 1. The van der Waals surface area contributed by atoms with Gasteiger partial charge in [0.05, 0.1) is 33.9 Å². The summed E-state index contributed by atoms with van der Waals surface area (Å²) in [6.45, 7) is 0. The summed E-state index contributed by atoms with van der Waals surface area (Å²) in [4.78, 5) is 21.0. The number of hydrogen-bond acceptors (Lipinski definition) is 3. The highest BCUT2D eigenvalue weighted by Crippen LogP contribution is 2.36. The zero-order valence-electron chi connectivity index (χ0n) is 17.2. The van der Waals surface area contributed by atoms with Crippen LogP contribution < -0.4 is 5.32 Å². The van der Waals surface area contributed by atoms with Crippen LogP contribution in [0, 0.1) is 0 Å². The summed E-state index contributed by atoms with van der Waals surface area (Å²) in [6, 6.07) is 12.4. The van der Waals surface area contributed by atoms with Gasteiger partial charge in [0.2, 0.25) is 0 Å². The van der Waals surface area contributed by atoms with Crippen LogP contribution in [0.15, 0.2) is 79.1 Å². The molecule has 0 fully saturated rings. The van der Waals surface area contributed by atoms with Gasteiger partial charge in [-0.3, -0.25) is 14.8 Å². The van der Waals surface area contributed by atoms with Crippen molar-refractivity contribution in [1.82, 2.24) is 15.3 Å². The fourth-order valence-corrected chi connectivity index (χ4v) is 3.47. The molecule has 2 heterocycles. The van der Waals surface area contributed by atoms with E-state index in [1.807, 2.05) is 0 Å². The van der Waals surface area contributed by atoms with E-state index in [-0.39, 0.29) is 11.1 Å². The summed E-state index contributed by atoms with van der Waals surface area (Å²) in [5.41, 5.74) is -1.95. The standard InChI is InChI=1S/C24H15F6N3O/c25-23(26,27)17-9-7-14(8-10-17)20(21-18(24(28,29)30)5-3-11-31-21)33-22(34)16-12-15-4-1-2-6-19(15)32-13-16/h1-13,20H,(H,33,34). The zero-order valence-corrected chi connectivity index (χ0v) is 17.2. The summed E-state index contributed by atoms with van der Waals surface area (Å²) in [5.74, 6) is -0.762. The zero-order chi connectivity index (χ0) is 24.5. The summed E-state index contributed by atoms with van der Waals surface area (Å²) in [7, 11) is 0. The lowest BCUT2D eigenvalue weighted by Crippen LogP contribution is -2.31. The summed E-state index contributed by atoms with van der Waals surface area (Å²) in [6.07, 6.45) is -7.05. The van der Waals surface area contributed by atoms with Crippen LogP contribution >= 0.6 is 0 Å². The molecule has 2 aromatic carbocycles. The molecule has 0 radical (unpaired) electrons. The van der Waals surface area contributed by atoms with Gasteiger partial charge in [0.25, 0.3) is 5.91 Å². The Morgan fingerprint density at radius 1 is 0.824 bits per heavy atom. The Morgan fingerprint density at radius 3 is 2.21 bits per heavy atom. The second-order valence-corrected chi connectivity index (χ2v) is 7.38. The number of fused-ring (bicyclic) bond motifs is 1. The van der Waals surface area contributed by atoms with Crippen LogP contribution in [0.2, 0.25) is 0 Å². The number of rotatable bonds is 4. The maximum atomic E-state index is 13.7. The Labute approximate surface area is 189 Å². The van der Waals surface area contributed by atoms with Gasteiger partial charge in [0.15, 0.2) is 0 Å². The van der Waals surface area contributed by atoms with Crippen LogP contribution in [0.25, 0.3) is 10.9 Å². The van der Waals surface area contributed by atoms with Crippen molar-refractivity contribution in [2.75, 3.05) is 0 Å². The lowest BCUT2D eigenvalue weighted by atomic mass is 9.97. The third-order valence-electron chi connectivity index (χ3n) is 5.12. The number of carbonyl (C=O) groups is 1. The highest BCUT2D eigenvalue weighted by molar-refractivity contribution is 5.97. The summed E-state index contributed by atoms with van der Waals surface area (Å²) in [5, 5.41) is 3.11. The largest absolute Gasteiger partial charge is 0.418 e. The molecule has 34 heavy (non-hydrogen) atoms. The average Bonchev–Trinajstić information content (AvgIpc) is 2.81. The number of benzene rings is 2. The molecule has 1 atom stereocenters. The van der Waals surface area contributed by atoms with E-state index in [0.29, 0.717) is 10.9 Å². The maximum Gasteiger partial charge on any atom is 0.418 e. The lowest BCUT2D eigenvalue weighted by molar-refractivity contribution is -0.139. The summed E-state index contributed by atoms with van der Waals surface area (Å²) >= 11 is 0. The molecule has 0 saturated carbocycles. The molecule has 0 aliphatic rings. The molecule has 4 aromatic rings. The Balaban J connectivity index is 1.77. The molecular weight excluding hydrogens is 460 g/mol. The van der Waals surface area contributed by atoms with Crippen LogP contribution in [0.4, 0.5) is 26.3 Å². The van der Waals surface area contributed by atoms with E-state index < -0.39 is 41.1 Å². The second-order valence-electron chi connectivity index (χ2n) is 7.38. The first-order valence-electron chi connectivity index (χ1n) is 9.89. The molecule has 1 unspecified atom stereocenters. The monoisotopic (exact) mass is 475 g/mol. The Kier molecular flexibility index (Phi) is 5.99. The van der Waals surface area contributed by atoms with Crippen molar-refractivity contribution in [3.63, 3.8) is 0 Å². The Morgan fingerprint density at radius 2 is 1.53 bits per heavy atom. The fourth-order valence-electron chi connectivity index (χ4n) is 3.47. The highest BCUT2D eigenvalue weighted by Gasteiger charge is 2.37. The van der Waals surface area contributed by atoms with E-state index in [1.54, 1.807) is 24.3 Å². The van der Waals surface area contributed by atoms with E-state index >= 15 is 0 Å². The van der Waals surface area contributed by atoms with Crippen LogP contribution in [0.5, 0.6) is 0 Å². The van der Waals surface area contributed by atoms with Gasteiger partial charge in [-0.15, -0.1) is 0 Å². The van der Waals surface area contributed by atoms with E-state index in [2.05, 4.69) is 15.3 Å². The molecule has 0 aliphatic heterocycles. The van der Waals surface area contributed by atoms with Crippen molar-refractivity contribution >= 4 is 16.8 Å². The molecule has 0 bridgehead atoms. The molecule has 4 rings (SSSR count). The number of nitrogens with one attached hydrogen (secondary N) is 1. The number of pyridine rings is 2. The van der Waals surface area contributed by atoms with Gasteiger partial charge in [-0.25, -0.2) is 0 Å². The molecule has 0 aliphatic carbocycles. The SMILES string of the molecule is O=C(NC(c1ccc(C(F)(F)F)cc1)c1ncccc1C(F)(F)F)c1cnc2ccccc2c1. The Hall–Kier alpha value is -3.95. The number of halogens is 6. The summed E-state index contributed by atoms with van der Waals surface area (Å²) < 4.78 is 80.0. The first kappa shape index (κ1) is 23.2. The number of alkyl halides is 6. The van der Waals surface area contributed by atoms with Gasteiger partial charge in [-0.05, 0) is 42.0 Å². The smallest absolute Gasteiger partial charge is 0.339 e. The fraction of sp³-hybridized carbons (Fsp3) is 0.125. The number of hydrogen-bond donors (Lipinski definition) is 1. The van der Waals surface area contributed by atoms with Gasteiger partial charge in [0.1, 0.15) is 0 Å². The van der Waals surface area contributed by atoms with Crippen molar-refractivity contribution in [3.8, 4) is 0 Å². The number of aromatic nitrogens is 2. The van der Waals surface area contributed by atoms with Gasteiger partial charge in [-0.2, -0.15) is 26.3 Å². The van der Waals surface area contributed by atoms with Crippen molar-refractivity contribution in [2.24, 2.45) is 0 Å². The second kappa shape index (κ2) is 8.77. The van der Waals surface area contributed by atoms with E-state index in [9.17, 15) is 31.1 Å².